The summed E-state index contributed by atoms with van der Waals surface area (Å²) in [6, 6.07) is 12.9. The zero-order valence-corrected chi connectivity index (χ0v) is 14.4. The van der Waals surface area contributed by atoms with Crippen LogP contribution in [0.25, 0.3) is 16.6 Å². The summed E-state index contributed by atoms with van der Waals surface area (Å²) in [5.74, 6) is 2.06. The van der Waals surface area contributed by atoms with Crippen molar-refractivity contribution < 1.29 is 14.6 Å². The maximum Gasteiger partial charge on any atom is 0.145 e. The molecule has 0 saturated heterocycles. The number of ether oxygens (including phenoxy) is 2. The number of fused-ring (bicyclic) bond motifs is 1. The van der Waals surface area contributed by atoms with Gasteiger partial charge in [-0.2, -0.15) is 0 Å². The number of amidine groups is 1. The van der Waals surface area contributed by atoms with Gasteiger partial charge >= 0.3 is 0 Å². The number of rotatable bonds is 4. The molecule has 0 atom stereocenters. The molecule has 0 spiro atoms. The first-order valence-electron chi connectivity index (χ1n) is 8.08. The van der Waals surface area contributed by atoms with E-state index in [0.29, 0.717) is 22.9 Å². The van der Waals surface area contributed by atoms with Gasteiger partial charge in [-0.05, 0) is 24.3 Å². The minimum absolute atomic E-state index is 0.0897. The zero-order valence-electron chi connectivity index (χ0n) is 14.4. The predicted molar refractivity (Wildman–Crippen MR) is 100 cm³/mol. The van der Waals surface area contributed by atoms with E-state index in [2.05, 4.69) is 9.97 Å². The standard InChI is InChI=1S/C19H18N4O3/c1-25-11-7-8-12-13(9-11)22-19(21-12)17-15(24)10-23(18(17)20)14-5-3-4-6-16(14)26-2/h3-9,20,24H,10H2,1-2H3,(H,21,22). The van der Waals surface area contributed by atoms with Gasteiger partial charge in [0.15, 0.2) is 0 Å². The molecule has 3 N–H and O–H groups in total. The number of hydrogen-bond donors (Lipinski definition) is 3. The summed E-state index contributed by atoms with van der Waals surface area (Å²) in [4.78, 5) is 9.37. The third kappa shape index (κ3) is 2.45. The minimum Gasteiger partial charge on any atom is -0.509 e. The Morgan fingerprint density at radius 2 is 1.96 bits per heavy atom. The van der Waals surface area contributed by atoms with Crippen molar-refractivity contribution in [3.63, 3.8) is 0 Å². The van der Waals surface area contributed by atoms with E-state index < -0.39 is 0 Å². The van der Waals surface area contributed by atoms with Crippen LogP contribution >= 0.6 is 0 Å². The highest BCUT2D eigenvalue weighted by Crippen LogP contribution is 2.35. The molecule has 0 amide bonds. The molecule has 2 heterocycles. The van der Waals surface area contributed by atoms with Crippen molar-refractivity contribution in [1.29, 1.82) is 5.41 Å². The van der Waals surface area contributed by atoms with Crippen LogP contribution in [0.1, 0.15) is 5.82 Å². The fourth-order valence-electron chi connectivity index (χ4n) is 3.12. The molecule has 1 aromatic heterocycles. The summed E-state index contributed by atoms with van der Waals surface area (Å²) in [6.45, 7) is 0.189. The first-order chi connectivity index (χ1) is 12.6. The van der Waals surface area contributed by atoms with E-state index >= 15 is 0 Å². The maximum absolute atomic E-state index is 10.5. The molecule has 0 radical (unpaired) electrons. The summed E-state index contributed by atoms with van der Waals surface area (Å²) < 4.78 is 10.6. The number of imidazole rings is 1. The van der Waals surface area contributed by atoms with Crippen LogP contribution in [-0.4, -0.2) is 41.7 Å². The molecule has 0 aliphatic carbocycles. The van der Waals surface area contributed by atoms with Crippen molar-refractivity contribution in [2.24, 2.45) is 0 Å². The third-order valence-electron chi connectivity index (χ3n) is 4.40. The lowest BCUT2D eigenvalue weighted by Crippen LogP contribution is -2.26. The van der Waals surface area contributed by atoms with Crippen LogP contribution in [0, 0.1) is 5.41 Å². The van der Waals surface area contributed by atoms with Crippen molar-refractivity contribution in [1.82, 2.24) is 9.97 Å². The van der Waals surface area contributed by atoms with E-state index in [1.807, 2.05) is 42.5 Å². The quantitative estimate of drug-likeness (QED) is 0.671. The van der Waals surface area contributed by atoms with Gasteiger partial charge in [0.25, 0.3) is 0 Å². The van der Waals surface area contributed by atoms with Crippen molar-refractivity contribution in [2.45, 2.75) is 0 Å². The molecule has 7 heteroatoms. The van der Waals surface area contributed by atoms with Gasteiger partial charge in [-0.3, -0.25) is 5.41 Å². The molecule has 0 unspecified atom stereocenters. The van der Waals surface area contributed by atoms with Gasteiger partial charge < -0.3 is 24.5 Å². The molecule has 1 aliphatic rings. The van der Waals surface area contributed by atoms with E-state index in [4.69, 9.17) is 14.9 Å². The summed E-state index contributed by atoms with van der Waals surface area (Å²) in [6.07, 6.45) is 0. The number of aliphatic hydroxyl groups excluding tert-OH is 1. The third-order valence-corrected chi connectivity index (χ3v) is 4.40. The number of hydrogen-bond acceptors (Lipinski definition) is 5. The van der Waals surface area contributed by atoms with Gasteiger partial charge in [0.2, 0.25) is 0 Å². The van der Waals surface area contributed by atoms with Crippen LogP contribution in [0.15, 0.2) is 48.2 Å². The molecule has 2 aromatic carbocycles. The number of methoxy groups -OCH3 is 2. The average Bonchev–Trinajstić information content (AvgIpc) is 3.20. The maximum atomic E-state index is 10.5. The van der Waals surface area contributed by atoms with Crippen LogP contribution < -0.4 is 14.4 Å². The second-order valence-electron chi connectivity index (χ2n) is 5.90. The van der Waals surface area contributed by atoms with Crippen molar-refractivity contribution in [2.75, 3.05) is 25.7 Å². The highest BCUT2D eigenvalue weighted by atomic mass is 16.5. The lowest BCUT2D eigenvalue weighted by Gasteiger charge is -2.20. The lowest BCUT2D eigenvalue weighted by molar-refractivity contribution is 0.406. The predicted octanol–water partition coefficient (Wildman–Crippen LogP) is 3.35. The number of benzene rings is 2. The van der Waals surface area contributed by atoms with Gasteiger partial charge in [0.1, 0.15) is 28.9 Å². The Kier molecular flexibility index (Phi) is 3.76. The van der Waals surface area contributed by atoms with Crippen LogP contribution in [0.5, 0.6) is 11.5 Å². The lowest BCUT2D eigenvalue weighted by atomic mass is 10.2. The first kappa shape index (κ1) is 16.0. The van der Waals surface area contributed by atoms with Gasteiger partial charge in [0, 0.05) is 6.07 Å². The van der Waals surface area contributed by atoms with Crippen LogP contribution in [0.4, 0.5) is 5.69 Å². The van der Waals surface area contributed by atoms with Crippen LogP contribution in [0.3, 0.4) is 0 Å². The molecule has 0 saturated carbocycles. The molecule has 1 aliphatic heterocycles. The molecule has 0 fully saturated rings. The van der Waals surface area contributed by atoms with Gasteiger partial charge in [-0.15, -0.1) is 0 Å². The van der Waals surface area contributed by atoms with Gasteiger partial charge in [-0.1, -0.05) is 12.1 Å². The molecular weight excluding hydrogens is 332 g/mol. The largest absolute Gasteiger partial charge is 0.509 e. The Bertz CT molecular complexity index is 1040. The molecular formula is C19H18N4O3. The molecule has 7 nitrogen and oxygen atoms in total. The normalized spacial score (nSPS) is 14.4. The Morgan fingerprint density at radius 3 is 2.73 bits per heavy atom. The summed E-state index contributed by atoms with van der Waals surface area (Å²) in [5, 5.41) is 19.1. The highest BCUT2D eigenvalue weighted by molar-refractivity contribution is 6.30. The number of para-hydroxylation sites is 2. The number of H-pyrrole nitrogens is 1. The number of nitrogens with one attached hydrogen (secondary N) is 2. The number of nitrogens with zero attached hydrogens (tertiary/aromatic N) is 2. The van der Waals surface area contributed by atoms with E-state index in [1.165, 1.54) is 0 Å². The molecule has 132 valence electrons. The molecule has 26 heavy (non-hydrogen) atoms. The number of aromatic nitrogens is 2. The van der Waals surface area contributed by atoms with Crippen LogP contribution in [-0.2, 0) is 0 Å². The van der Waals surface area contributed by atoms with E-state index in [-0.39, 0.29) is 18.1 Å². The second kappa shape index (κ2) is 6.11. The van der Waals surface area contributed by atoms with Crippen molar-refractivity contribution in [3.05, 3.63) is 54.0 Å². The SMILES string of the molecule is COc1ccc2nc(C3=C(O)CN(c4ccccc4OC)C3=N)[nH]c2c1. The Hall–Kier alpha value is -3.48. The monoisotopic (exact) mass is 350 g/mol. The molecule has 0 bridgehead atoms. The first-order valence-corrected chi connectivity index (χ1v) is 8.08. The second-order valence-corrected chi connectivity index (χ2v) is 5.90. The highest BCUT2D eigenvalue weighted by Gasteiger charge is 2.32. The topological polar surface area (TPSA) is 94.5 Å². The Labute approximate surface area is 150 Å². The number of aromatic amines is 1. The number of anilines is 1. The van der Waals surface area contributed by atoms with E-state index in [9.17, 15) is 5.11 Å². The van der Waals surface area contributed by atoms with Crippen molar-refractivity contribution >= 4 is 28.1 Å². The zero-order chi connectivity index (χ0) is 18.3. The summed E-state index contributed by atoms with van der Waals surface area (Å²) >= 11 is 0. The van der Waals surface area contributed by atoms with E-state index in [0.717, 1.165) is 16.7 Å². The fraction of sp³-hybridized carbons (Fsp3) is 0.158. The molecule has 4 rings (SSSR count). The number of aliphatic hydroxyl groups is 1. The minimum atomic E-state index is 0.0897. The molecule has 3 aromatic rings. The van der Waals surface area contributed by atoms with Gasteiger partial charge in [0.05, 0.1) is 43.1 Å². The van der Waals surface area contributed by atoms with Gasteiger partial charge in [-0.25, -0.2) is 4.98 Å². The average molecular weight is 350 g/mol. The van der Waals surface area contributed by atoms with E-state index in [1.54, 1.807) is 19.1 Å². The van der Waals surface area contributed by atoms with Crippen LogP contribution in [0.2, 0.25) is 0 Å². The van der Waals surface area contributed by atoms with Crippen molar-refractivity contribution in [3.8, 4) is 11.5 Å². The summed E-state index contributed by atoms with van der Waals surface area (Å²) in [7, 11) is 3.18. The Balaban J connectivity index is 1.73. The summed E-state index contributed by atoms with van der Waals surface area (Å²) in [5.41, 5.74) is 2.62. The smallest absolute Gasteiger partial charge is 0.145 e. The Morgan fingerprint density at radius 1 is 1.15 bits per heavy atom. The fourth-order valence-corrected chi connectivity index (χ4v) is 3.12.